The van der Waals surface area contributed by atoms with E-state index in [4.69, 9.17) is 4.74 Å². The van der Waals surface area contributed by atoms with E-state index in [1.807, 2.05) is 4.68 Å². The number of aldehydes is 1. The number of hydrogen-bond acceptors (Lipinski definition) is 3. The SMILES string of the molecule is O=Cc1c2c(nn1C1CCCCC1)COCC2. The molecule has 1 aromatic heterocycles. The average Bonchev–Trinajstić information content (AvgIpc) is 2.78. The summed E-state index contributed by atoms with van der Waals surface area (Å²) in [6, 6.07) is 0.426. The van der Waals surface area contributed by atoms with Crippen LogP contribution in [0, 0.1) is 0 Å². The van der Waals surface area contributed by atoms with Gasteiger partial charge in [0.1, 0.15) is 5.69 Å². The second-order valence-corrected chi connectivity index (χ2v) is 4.97. The van der Waals surface area contributed by atoms with Gasteiger partial charge in [-0.15, -0.1) is 0 Å². The predicted octanol–water partition coefficient (Wildman–Crippen LogP) is 2.27. The van der Waals surface area contributed by atoms with E-state index >= 15 is 0 Å². The maximum Gasteiger partial charge on any atom is 0.168 e. The van der Waals surface area contributed by atoms with Crippen LogP contribution in [0.15, 0.2) is 0 Å². The highest BCUT2D eigenvalue weighted by atomic mass is 16.5. The molecule has 2 heterocycles. The summed E-state index contributed by atoms with van der Waals surface area (Å²) in [7, 11) is 0. The third-order valence-corrected chi connectivity index (χ3v) is 3.90. The third-order valence-electron chi connectivity index (χ3n) is 3.90. The number of aromatic nitrogens is 2. The first kappa shape index (κ1) is 11.0. The Morgan fingerprint density at radius 2 is 2.12 bits per heavy atom. The van der Waals surface area contributed by atoms with Crippen LogP contribution in [0.3, 0.4) is 0 Å². The Bertz CT molecular complexity index is 419. The van der Waals surface area contributed by atoms with Crippen molar-refractivity contribution in [3.05, 3.63) is 17.0 Å². The molecular weight excluding hydrogens is 216 g/mol. The number of nitrogens with zero attached hydrogens (tertiary/aromatic N) is 2. The van der Waals surface area contributed by atoms with Crippen LogP contribution in [0.2, 0.25) is 0 Å². The molecule has 1 aliphatic heterocycles. The molecule has 0 atom stereocenters. The molecule has 1 aromatic rings. The van der Waals surface area contributed by atoms with Gasteiger partial charge >= 0.3 is 0 Å². The maximum atomic E-state index is 11.3. The summed E-state index contributed by atoms with van der Waals surface area (Å²) in [5, 5.41) is 4.61. The second kappa shape index (κ2) is 4.61. The summed E-state index contributed by atoms with van der Waals surface area (Å²) in [5.74, 6) is 0. The zero-order chi connectivity index (χ0) is 11.7. The van der Waals surface area contributed by atoms with Crippen LogP contribution in [0.5, 0.6) is 0 Å². The van der Waals surface area contributed by atoms with Gasteiger partial charge in [0.05, 0.1) is 24.9 Å². The standard InChI is InChI=1S/C13H18N2O2/c16-8-13-11-6-7-17-9-12(11)14-15(13)10-4-2-1-3-5-10/h8,10H,1-7,9H2. The van der Waals surface area contributed by atoms with Crippen molar-refractivity contribution in [2.24, 2.45) is 0 Å². The largest absolute Gasteiger partial charge is 0.375 e. The Labute approximate surface area is 101 Å². The summed E-state index contributed by atoms with van der Waals surface area (Å²) >= 11 is 0. The zero-order valence-corrected chi connectivity index (χ0v) is 10.0. The molecule has 0 unspecified atom stereocenters. The van der Waals surface area contributed by atoms with Gasteiger partial charge in [-0.25, -0.2) is 0 Å². The highest BCUT2D eigenvalue weighted by Crippen LogP contribution is 2.31. The van der Waals surface area contributed by atoms with E-state index in [0.29, 0.717) is 19.3 Å². The first-order valence-electron chi connectivity index (χ1n) is 6.53. The summed E-state index contributed by atoms with van der Waals surface area (Å²) in [6.45, 7) is 1.28. The van der Waals surface area contributed by atoms with Crippen LogP contribution < -0.4 is 0 Å². The van der Waals surface area contributed by atoms with Crippen LogP contribution in [-0.4, -0.2) is 22.7 Å². The molecule has 4 nitrogen and oxygen atoms in total. The van der Waals surface area contributed by atoms with Gasteiger partial charge in [0, 0.05) is 5.56 Å². The summed E-state index contributed by atoms with van der Waals surface area (Å²) in [5.41, 5.74) is 2.90. The molecule has 0 radical (unpaired) electrons. The van der Waals surface area contributed by atoms with Crippen molar-refractivity contribution in [2.75, 3.05) is 6.61 Å². The molecule has 4 heteroatoms. The van der Waals surface area contributed by atoms with Crippen molar-refractivity contribution in [2.45, 2.75) is 51.2 Å². The predicted molar refractivity (Wildman–Crippen MR) is 63.1 cm³/mol. The molecular formula is C13H18N2O2. The van der Waals surface area contributed by atoms with Gasteiger partial charge in [0.15, 0.2) is 6.29 Å². The molecule has 3 rings (SSSR count). The lowest BCUT2D eigenvalue weighted by Gasteiger charge is -2.23. The van der Waals surface area contributed by atoms with Crippen LogP contribution in [-0.2, 0) is 17.8 Å². The van der Waals surface area contributed by atoms with Crippen LogP contribution >= 0.6 is 0 Å². The molecule has 17 heavy (non-hydrogen) atoms. The summed E-state index contributed by atoms with van der Waals surface area (Å²) in [4.78, 5) is 11.3. The minimum absolute atomic E-state index is 0.426. The van der Waals surface area contributed by atoms with Crippen molar-refractivity contribution >= 4 is 6.29 Å². The number of fused-ring (bicyclic) bond motifs is 1. The lowest BCUT2D eigenvalue weighted by atomic mass is 9.95. The maximum absolute atomic E-state index is 11.3. The van der Waals surface area contributed by atoms with Gasteiger partial charge in [-0.05, 0) is 19.3 Å². The second-order valence-electron chi connectivity index (χ2n) is 4.97. The van der Waals surface area contributed by atoms with Gasteiger partial charge in [-0.1, -0.05) is 19.3 Å². The molecule has 2 aliphatic rings. The van der Waals surface area contributed by atoms with Gasteiger partial charge in [-0.2, -0.15) is 5.10 Å². The monoisotopic (exact) mass is 234 g/mol. The Morgan fingerprint density at radius 1 is 1.29 bits per heavy atom. The van der Waals surface area contributed by atoms with Crippen LogP contribution in [0.1, 0.15) is 59.9 Å². The highest BCUT2D eigenvalue weighted by molar-refractivity contribution is 5.75. The van der Waals surface area contributed by atoms with Gasteiger partial charge in [-0.3, -0.25) is 9.48 Å². The van der Waals surface area contributed by atoms with E-state index < -0.39 is 0 Å². The van der Waals surface area contributed by atoms with Gasteiger partial charge < -0.3 is 4.74 Å². The molecule has 0 bridgehead atoms. The fourth-order valence-corrected chi connectivity index (χ4v) is 2.99. The zero-order valence-electron chi connectivity index (χ0n) is 10.0. The van der Waals surface area contributed by atoms with Crippen LogP contribution in [0.25, 0.3) is 0 Å². The Morgan fingerprint density at radius 3 is 2.88 bits per heavy atom. The minimum Gasteiger partial charge on any atom is -0.375 e. The smallest absolute Gasteiger partial charge is 0.168 e. The van der Waals surface area contributed by atoms with Crippen LogP contribution in [0.4, 0.5) is 0 Å². The molecule has 92 valence electrons. The number of carbonyl (C=O) groups is 1. The Hall–Kier alpha value is -1.16. The van der Waals surface area contributed by atoms with E-state index in [9.17, 15) is 4.79 Å². The summed E-state index contributed by atoms with van der Waals surface area (Å²) < 4.78 is 7.38. The third kappa shape index (κ3) is 1.90. The minimum atomic E-state index is 0.426. The van der Waals surface area contributed by atoms with E-state index in [2.05, 4.69) is 5.10 Å². The lowest BCUT2D eigenvalue weighted by molar-refractivity contribution is 0.106. The Balaban J connectivity index is 1.97. The van der Waals surface area contributed by atoms with Crippen molar-refractivity contribution < 1.29 is 9.53 Å². The van der Waals surface area contributed by atoms with Crippen molar-refractivity contribution in [1.29, 1.82) is 0 Å². The highest BCUT2D eigenvalue weighted by Gasteiger charge is 2.25. The van der Waals surface area contributed by atoms with Crippen molar-refractivity contribution in [3.63, 3.8) is 0 Å². The van der Waals surface area contributed by atoms with E-state index in [-0.39, 0.29) is 0 Å². The van der Waals surface area contributed by atoms with Crippen molar-refractivity contribution in [1.82, 2.24) is 9.78 Å². The Kier molecular flexibility index (Phi) is 2.97. The number of ether oxygens (including phenoxy) is 1. The average molecular weight is 234 g/mol. The molecule has 1 fully saturated rings. The normalized spacial score (nSPS) is 21.2. The van der Waals surface area contributed by atoms with E-state index in [1.165, 1.54) is 19.3 Å². The molecule has 0 amide bonds. The fourth-order valence-electron chi connectivity index (χ4n) is 2.99. The van der Waals surface area contributed by atoms with Gasteiger partial charge in [0.25, 0.3) is 0 Å². The quantitative estimate of drug-likeness (QED) is 0.737. The van der Waals surface area contributed by atoms with E-state index in [0.717, 1.165) is 42.5 Å². The van der Waals surface area contributed by atoms with Crippen molar-refractivity contribution in [3.8, 4) is 0 Å². The van der Waals surface area contributed by atoms with Gasteiger partial charge in [0.2, 0.25) is 0 Å². The molecule has 0 spiro atoms. The first-order chi connectivity index (χ1) is 8.40. The molecule has 0 aromatic carbocycles. The first-order valence-corrected chi connectivity index (χ1v) is 6.53. The molecule has 1 saturated carbocycles. The number of rotatable bonds is 2. The molecule has 0 N–H and O–H groups in total. The topological polar surface area (TPSA) is 44.1 Å². The number of hydrogen-bond donors (Lipinski definition) is 0. The lowest BCUT2D eigenvalue weighted by Crippen LogP contribution is -2.16. The fraction of sp³-hybridized carbons (Fsp3) is 0.692. The summed E-state index contributed by atoms with van der Waals surface area (Å²) in [6.07, 6.45) is 7.94. The molecule has 1 aliphatic carbocycles. The van der Waals surface area contributed by atoms with E-state index in [1.54, 1.807) is 0 Å². The molecule has 0 saturated heterocycles. The number of carbonyl (C=O) groups excluding carboxylic acids is 1.